The molecule has 0 radical (unpaired) electrons. The lowest BCUT2D eigenvalue weighted by Crippen LogP contribution is -2.46. The van der Waals surface area contributed by atoms with Gasteiger partial charge < -0.3 is 9.64 Å². The van der Waals surface area contributed by atoms with Gasteiger partial charge in [0.2, 0.25) is 0 Å². The Morgan fingerprint density at radius 2 is 2.00 bits per heavy atom. The Morgan fingerprint density at radius 3 is 2.63 bits per heavy atom. The first-order valence-electron chi connectivity index (χ1n) is 6.96. The minimum atomic E-state index is 0.935. The van der Waals surface area contributed by atoms with Crippen molar-refractivity contribution in [3.63, 3.8) is 0 Å². The van der Waals surface area contributed by atoms with Gasteiger partial charge in [0.15, 0.2) is 0 Å². The highest BCUT2D eigenvalue weighted by Crippen LogP contribution is 2.22. The fourth-order valence-corrected chi connectivity index (χ4v) is 2.42. The van der Waals surface area contributed by atoms with E-state index in [0.717, 1.165) is 38.5 Å². The maximum atomic E-state index is 5.29. The lowest BCUT2D eigenvalue weighted by molar-refractivity contribution is 0.278. The van der Waals surface area contributed by atoms with E-state index < -0.39 is 0 Å². The summed E-state index contributed by atoms with van der Waals surface area (Å²) in [6.07, 6.45) is 2.20. The number of rotatable bonds is 4. The third kappa shape index (κ3) is 3.74. The highest BCUT2D eigenvalue weighted by molar-refractivity contribution is 5.51. The van der Waals surface area contributed by atoms with E-state index in [-0.39, 0.29) is 0 Å². The van der Waals surface area contributed by atoms with Crippen molar-refractivity contribution in [3.8, 4) is 5.75 Å². The number of methoxy groups -OCH3 is 1. The Morgan fingerprint density at radius 1 is 1.26 bits per heavy atom. The summed E-state index contributed by atoms with van der Waals surface area (Å²) >= 11 is 0. The second kappa shape index (κ2) is 6.62. The SMILES string of the molecule is C/C=C(\C)CN1CCN(c2cccc(OC)c2)CC1. The number of ether oxygens (including phenoxy) is 1. The van der Waals surface area contributed by atoms with Gasteiger partial charge in [0.25, 0.3) is 0 Å². The Bertz CT molecular complexity index is 434. The van der Waals surface area contributed by atoms with E-state index in [2.05, 4.69) is 47.9 Å². The summed E-state index contributed by atoms with van der Waals surface area (Å²) in [5, 5.41) is 0. The minimum absolute atomic E-state index is 0.935. The van der Waals surface area contributed by atoms with Crippen LogP contribution < -0.4 is 9.64 Å². The number of piperazine rings is 1. The van der Waals surface area contributed by atoms with Crippen LogP contribution in [0.25, 0.3) is 0 Å². The zero-order valence-electron chi connectivity index (χ0n) is 12.2. The van der Waals surface area contributed by atoms with Crippen LogP contribution >= 0.6 is 0 Å². The van der Waals surface area contributed by atoms with Crippen molar-refractivity contribution in [2.45, 2.75) is 13.8 Å². The molecule has 3 nitrogen and oxygen atoms in total. The number of hydrogen-bond donors (Lipinski definition) is 0. The van der Waals surface area contributed by atoms with E-state index >= 15 is 0 Å². The van der Waals surface area contributed by atoms with Crippen LogP contribution in [0.2, 0.25) is 0 Å². The van der Waals surface area contributed by atoms with Crippen LogP contribution in [0.15, 0.2) is 35.9 Å². The summed E-state index contributed by atoms with van der Waals surface area (Å²) in [6.45, 7) is 9.85. The standard InChI is InChI=1S/C16H24N2O/c1-4-14(2)13-17-8-10-18(11-9-17)15-6-5-7-16(12-15)19-3/h4-7,12H,8-11,13H2,1-3H3/b14-4+. The molecule has 1 saturated heterocycles. The predicted molar refractivity (Wildman–Crippen MR) is 81.1 cm³/mol. The summed E-state index contributed by atoms with van der Waals surface area (Å²) in [6, 6.07) is 8.34. The van der Waals surface area contributed by atoms with Gasteiger partial charge in [-0.15, -0.1) is 0 Å². The lowest BCUT2D eigenvalue weighted by Gasteiger charge is -2.36. The number of nitrogens with zero attached hydrogens (tertiary/aromatic N) is 2. The van der Waals surface area contributed by atoms with Crippen molar-refractivity contribution in [2.75, 3.05) is 44.7 Å². The van der Waals surface area contributed by atoms with Crippen LogP contribution in [0, 0.1) is 0 Å². The third-order valence-corrected chi connectivity index (χ3v) is 3.76. The molecule has 0 aromatic heterocycles. The fraction of sp³-hybridized carbons (Fsp3) is 0.500. The van der Waals surface area contributed by atoms with Crippen molar-refractivity contribution in [2.24, 2.45) is 0 Å². The Hall–Kier alpha value is -1.48. The summed E-state index contributed by atoms with van der Waals surface area (Å²) in [5.74, 6) is 0.935. The molecule has 19 heavy (non-hydrogen) atoms. The molecule has 0 saturated carbocycles. The minimum Gasteiger partial charge on any atom is -0.497 e. The van der Waals surface area contributed by atoms with Gasteiger partial charge in [-0.2, -0.15) is 0 Å². The predicted octanol–water partition coefficient (Wildman–Crippen LogP) is 2.78. The number of benzene rings is 1. The molecule has 0 N–H and O–H groups in total. The molecule has 0 unspecified atom stereocenters. The number of hydrogen-bond acceptors (Lipinski definition) is 3. The molecule has 1 aliphatic heterocycles. The van der Waals surface area contributed by atoms with Crippen LogP contribution in [0.5, 0.6) is 5.75 Å². The van der Waals surface area contributed by atoms with E-state index in [1.54, 1.807) is 7.11 Å². The summed E-state index contributed by atoms with van der Waals surface area (Å²) in [4.78, 5) is 4.95. The van der Waals surface area contributed by atoms with Gasteiger partial charge in [0, 0.05) is 44.5 Å². The molecule has 1 aliphatic rings. The molecule has 0 atom stereocenters. The average Bonchev–Trinajstić information content (AvgIpc) is 2.48. The molecule has 2 rings (SSSR count). The number of anilines is 1. The van der Waals surface area contributed by atoms with Crippen LogP contribution in [0.4, 0.5) is 5.69 Å². The molecule has 104 valence electrons. The molecule has 1 aromatic carbocycles. The quantitative estimate of drug-likeness (QED) is 0.774. The molecule has 0 spiro atoms. The monoisotopic (exact) mass is 260 g/mol. The van der Waals surface area contributed by atoms with E-state index in [1.807, 2.05) is 6.07 Å². The molecule has 0 bridgehead atoms. The third-order valence-electron chi connectivity index (χ3n) is 3.76. The maximum Gasteiger partial charge on any atom is 0.120 e. The first-order valence-corrected chi connectivity index (χ1v) is 6.96. The van der Waals surface area contributed by atoms with Gasteiger partial charge >= 0.3 is 0 Å². The Balaban J connectivity index is 1.92. The van der Waals surface area contributed by atoms with Gasteiger partial charge in [-0.25, -0.2) is 0 Å². The first-order chi connectivity index (χ1) is 9.22. The van der Waals surface area contributed by atoms with E-state index in [0.29, 0.717) is 0 Å². The van der Waals surface area contributed by atoms with E-state index in [1.165, 1.54) is 11.3 Å². The van der Waals surface area contributed by atoms with Crippen LogP contribution in [-0.2, 0) is 0 Å². The number of allylic oxidation sites excluding steroid dienone is 1. The molecule has 3 heteroatoms. The lowest BCUT2D eigenvalue weighted by atomic mass is 10.2. The van der Waals surface area contributed by atoms with Crippen LogP contribution in [0.1, 0.15) is 13.8 Å². The zero-order valence-corrected chi connectivity index (χ0v) is 12.2. The van der Waals surface area contributed by atoms with Crippen molar-refractivity contribution in [1.29, 1.82) is 0 Å². The van der Waals surface area contributed by atoms with Crippen LogP contribution in [-0.4, -0.2) is 44.7 Å². The largest absolute Gasteiger partial charge is 0.497 e. The molecule has 0 aliphatic carbocycles. The van der Waals surface area contributed by atoms with Crippen molar-refractivity contribution in [1.82, 2.24) is 4.90 Å². The summed E-state index contributed by atoms with van der Waals surface area (Å²) < 4.78 is 5.29. The van der Waals surface area contributed by atoms with Gasteiger partial charge in [-0.1, -0.05) is 17.7 Å². The van der Waals surface area contributed by atoms with Crippen molar-refractivity contribution in [3.05, 3.63) is 35.9 Å². The van der Waals surface area contributed by atoms with Gasteiger partial charge in [0.1, 0.15) is 5.75 Å². The second-order valence-electron chi connectivity index (χ2n) is 5.10. The van der Waals surface area contributed by atoms with Gasteiger partial charge in [-0.3, -0.25) is 4.90 Å². The molecule has 1 heterocycles. The summed E-state index contributed by atoms with van der Waals surface area (Å²) in [7, 11) is 1.72. The molecule has 1 aromatic rings. The average molecular weight is 260 g/mol. The molecule has 0 amide bonds. The van der Waals surface area contributed by atoms with Crippen molar-refractivity contribution >= 4 is 5.69 Å². The Kier molecular flexibility index (Phi) is 4.86. The smallest absolute Gasteiger partial charge is 0.120 e. The van der Waals surface area contributed by atoms with Gasteiger partial charge in [-0.05, 0) is 26.0 Å². The normalized spacial score (nSPS) is 17.6. The first kappa shape index (κ1) is 13.9. The fourth-order valence-electron chi connectivity index (χ4n) is 2.42. The molecule has 1 fully saturated rings. The summed E-state index contributed by atoms with van der Waals surface area (Å²) in [5.41, 5.74) is 2.72. The van der Waals surface area contributed by atoms with Crippen LogP contribution in [0.3, 0.4) is 0 Å². The second-order valence-corrected chi connectivity index (χ2v) is 5.10. The zero-order chi connectivity index (χ0) is 13.7. The van der Waals surface area contributed by atoms with E-state index in [9.17, 15) is 0 Å². The van der Waals surface area contributed by atoms with Gasteiger partial charge in [0.05, 0.1) is 7.11 Å². The van der Waals surface area contributed by atoms with Crippen molar-refractivity contribution < 1.29 is 4.74 Å². The molecular formula is C16H24N2O. The van der Waals surface area contributed by atoms with E-state index in [4.69, 9.17) is 4.74 Å². The molecular weight excluding hydrogens is 236 g/mol. The topological polar surface area (TPSA) is 15.7 Å². The Labute approximate surface area is 116 Å². The highest BCUT2D eigenvalue weighted by Gasteiger charge is 2.17. The maximum absolute atomic E-state index is 5.29. The highest BCUT2D eigenvalue weighted by atomic mass is 16.5.